The number of nitrogens with zero attached hydrogens (tertiary/aromatic N) is 1. The molecule has 1 heterocycles. The molecule has 0 aliphatic carbocycles. The summed E-state index contributed by atoms with van der Waals surface area (Å²) in [6.45, 7) is 3.64. The lowest BCUT2D eigenvalue weighted by Crippen LogP contribution is -1.81. The van der Waals surface area contributed by atoms with Crippen molar-refractivity contribution in [1.82, 2.24) is 9.97 Å². The summed E-state index contributed by atoms with van der Waals surface area (Å²) in [5.41, 5.74) is 1.89. The highest BCUT2D eigenvalue weighted by Gasteiger charge is 2.00. The quantitative estimate of drug-likeness (QED) is 0.758. The molecule has 0 saturated carbocycles. The van der Waals surface area contributed by atoms with Crippen molar-refractivity contribution in [2.24, 2.45) is 0 Å². The molecular formula is C10H10N2O. The van der Waals surface area contributed by atoms with E-state index < -0.39 is 0 Å². The average molecular weight is 174 g/mol. The van der Waals surface area contributed by atoms with Crippen molar-refractivity contribution in [1.29, 1.82) is 0 Å². The Hall–Kier alpha value is -1.77. The largest absolute Gasteiger partial charge is 0.497 e. The van der Waals surface area contributed by atoms with E-state index in [2.05, 4.69) is 16.5 Å². The monoisotopic (exact) mass is 174 g/mol. The first kappa shape index (κ1) is 7.86. The summed E-state index contributed by atoms with van der Waals surface area (Å²) in [6.07, 6.45) is 1.69. The highest BCUT2D eigenvalue weighted by Crippen LogP contribution is 2.18. The van der Waals surface area contributed by atoms with E-state index in [4.69, 9.17) is 4.74 Å². The summed E-state index contributed by atoms with van der Waals surface area (Å²) in [5.74, 6) is 1.61. The Kier molecular flexibility index (Phi) is 1.77. The van der Waals surface area contributed by atoms with Gasteiger partial charge in [-0.1, -0.05) is 6.58 Å². The molecule has 0 saturated heterocycles. The normalized spacial score (nSPS) is 10.2. The zero-order valence-corrected chi connectivity index (χ0v) is 7.37. The van der Waals surface area contributed by atoms with Crippen LogP contribution in [0.3, 0.4) is 0 Å². The lowest BCUT2D eigenvalue weighted by atomic mass is 10.3. The molecule has 0 radical (unpaired) electrons. The number of hydrogen-bond acceptors (Lipinski definition) is 2. The molecule has 0 amide bonds. The van der Waals surface area contributed by atoms with Gasteiger partial charge in [0.05, 0.1) is 18.1 Å². The highest BCUT2D eigenvalue weighted by atomic mass is 16.5. The lowest BCUT2D eigenvalue weighted by Gasteiger charge is -1.96. The number of imidazole rings is 1. The van der Waals surface area contributed by atoms with Gasteiger partial charge in [-0.25, -0.2) is 4.98 Å². The van der Waals surface area contributed by atoms with Crippen LogP contribution in [-0.4, -0.2) is 17.1 Å². The van der Waals surface area contributed by atoms with Crippen molar-refractivity contribution in [3.63, 3.8) is 0 Å². The summed E-state index contributed by atoms with van der Waals surface area (Å²) >= 11 is 0. The first-order chi connectivity index (χ1) is 6.33. The topological polar surface area (TPSA) is 37.9 Å². The van der Waals surface area contributed by atoms with Crippen LogP contribution in [0.5, 0.6) is 5.75 Å². The summed E-state index contributed by atoms with van der Waals surface area (Å²) in [5, 5.41) is 0. The number of nitrogens with one attached hydrogen (secondary N) is 1. The molecule has 0 unspecified atom stereocenters. The van der Waals surface area contributed by atoms with Crippen LogP contribution in [0, 0.1) is 0 Å². The SMILES string of the molecule is C=Cc1nc2ccc(OC)cc2[nH]1. The molecule has 66 valence electrons. The zero-order chi connectivity index (χ0) is 9.26. The molecule has 2 rings (SSSR count). The van der Waals surface area contributed by atoms with Gasteiger partial charge in [-0.05, 0) is 18.2 Å². The van der Waals surface area contributed by atoms with Crippen molar-refractivity contribution in [2.45, 2.75) is 0 Å². The molecule has 0 aliphatic heterocycles. The number of ether oxygens (including phenoxy) is 1. The van der Waals surface area contributed by atoms with Crippen LogP contribution < -0.4 is 4.74 Å². The van der Waals surface area contributed by atoms with Crippen molar-refractivity contribution in [2.75, 3.05) is 7.11 Å². The minimum absolute atomic E-state index is 0.781. The molecule has 2 aromatic rings. The number of benzene rings is 1. The number of hydrogen-bond donors (Lipinski definition) is 1. The summed E-state index contributed by atoms with van der Waals surface area (Å²) in [6, 6.07) is 5.71. The molecule has 1 aromatic heterocycles. The van der Waals surface area contributed by atoms with Crippen LogP contribution in [0.1, 0.15) is 5.82 Å². The van der Waals surface area contributed by atoms with Gasteiger partial charge >= 0.3 is 0 Å². The molecule has 0 atom stereocenters. The summed E-state index contributed by atoms with van der Waals surface area (Å²) in [4.78, 5) is 7.39. The standard InChI is InChI=1S/C10H10N2O/c1-3-10-11-8-5-4-7(13-2)6-9(8)12-10/h3-6H,1H2,2H3,(H,11,12). The van der Waals surface area contributed by atoms with Crippen LogP contribution in [0.4, 0.5) is 0 Å². The van der Waals surface area contributed by atoms with Gasteiger partial charge in [0.2, 0.25) is 0 Å². The number of rotatable bonds is 2. The second-order valence-corrected chi connectivity index (χ2v) is 2.71. The highest BCUT2D eigenvalue weighted by molar-refractivity contribution is 5.78. The van der Waals surface area contributed by atoms with Gasteiger partial charge in [-0.3, -0.25) is 0 Å². The predicted octanol–water partition coefficient (Wildman–Crippen LogP) is 2.21. The molecule has 13 heavy (non-hydrogen) atoms. The molecule has 1 aromatic carbocycles. The van der Waals surface area contributed by atoms with E-state index in [0.29, 0.717) is 0 Å². The van der Waals surface area contributed by atoms with Crippen molar-refractivity contribution < 1.29 is 4.74 Å². The first-order valence-electron chi connectivity index (χ1n) is 3.99. The van der Waals surface area contributed by atoms with E-state index in [1.54, 1.807) is 13.2 Å². The van der Waals surface area contributed by atoms with Crippen LogP contribution in [0.2, 0.25) is 0 Å². The van der Waals surface area contributed by atoms with Gasteiger partial charge in [-0.15, -0.1) is 0 Å². The van der Waals surface area contributed by atoms with Gasteiger partial charge in [0.25, 0.3) is 0 Å². The molecular weight excluding hydrogens is 164 g/mol. The third-order valence-corrected chi connectivity index (χ3v) is 1.90. The molecule has 3 heteroatoms. The fourth-order valence-corrected chi connectivity index (χ4v) is 1.23. The lowest BCUT2D eigenvalue weighted by molar-refractivity contribution is 0.415. The fourth-order valence-electron chi connectivity index (χ4n) is 1.23. The maximum absolute atomic E-state index is 5.09. The molecule has 0 spiro atoms. The Labute approximate surface area is 76.1 Å². The maximum atomic E-state index is 5.09. The smallest absolute Gasteiger partial charge is 0.130 e. The van der Waals surface area contributed by atoms with Crippen LogP contribution in [-0.2, 0) is 0 Å². The third-order valence-electron chi connectivity index (χ3n) is 1.90. The van der Waals surface area contributed by atoms with Crippen molar-refractivity contribution >= 4 is 17.1 Å². The molecule has 0 aliphatic rings. The average Bonchev–Trinajstić information content (AvgIpc) is 2.58. The van der Waals surface area contributed by atoms with E-state index in [1.807, 2.05) is 18.2 Å². The maximum Gasteiger partial charge on any atom is 0.130 e. The Morgan fingerprint density at radius 1 is 1.54 bits per heavy atom. The van der Waals surface area contributed by atoms with Gasteiger partial charge < -0.3 is 9.72 Å². The van der Waals surface area contributed by atoms with Gasteiger partial charge in [0.1, 0.15) is 11.6 Å². The Morgan fingerprint density at radius 3 is 3.08 bits per heavy atom. The van der Waals surface area contributed by atoms with Crippen LogP contribution in [0.15, 0.2) is 24.8 Å². The van der Waals surface area contributed by atoms with E-state index in [-0.39, 0.29) is 0 Å². The van der Waals surface area contributed by atoms with Crippen LogP contribution >= 0.6 is 0 Å². The zero-order valence-electron chi connectivity index (χ0n) is 7.37. The third kappa shape index (κ3) is 1.28. The fraction of sp³-hybridized carbons (Fsp3) is 0.100. The van der Waals surface area contributed by atoms with Gasteiger partial charge in [-0.2, -0.15) is 0 Å². The minimum Gasteiger partial charge on any atom is -0.497 e. The van der Waals surface area contributed by atoms with Gasteiger partial charge in [0.15, 0.2) is 0 Å². The van der Waals surface area contributed by atoms with Crippen molar-refractivity contribution in [3.05, 3.63) is 30.6 Å². The minimum atomic E-state index is 0.781. The number of aromatic amines is 1. The Morgan fingerprint density at radius 2 is 2.38 bits per heavy atom. The van der Waals surface area contributed by atoms with E-state index in [0.717, 1.165) is 22.6 Å². The number of methoxy groups -OCH3 is 1. The van der Waals surface area contributed by atoms with Crippen LogP contribution in [0.25, 0.3) is 17.1 Å². The van der Waals surface area contributed by atoms with E-state index >= 15 is 0 Å². The van der Waals surface area contributed by atoms with Gasteiger partial charge in [0, 0.05) is 6.07 Å². The Bertz CT molecular complexity index is 445. The van der Waals surface area contributed by atoms with E-state index in [9.17, 15) is 0 Å². The second-order valence-electron chi connectivity index (χ2n) is 2.71. The molecule has 3 nitrogen and oxygen atoms in total. The molecule has 1 N–H and O–H groups in total. The molecule has 0 bridgehead atoms. The summed E-state index contributed by atoms with van der Waals surface area (Å²) < 4.78 is 5.09. The first-order valence-corrected chi connectivity index (χ1v) is 3.99. The summed E-state index contributed by atoms with van der Waals surface area (Å²) in [7, 11) is 1.64. The second kappa shape index (κ2) is 2.94. The molecule has 0 fully saturated rings. The van der Waals surface area contributed by atoms with E-state index in [1.165, 1.54) is 0 Å². The number of aromatic nitrogens is 2. The van der Waals surface area contributed by atoms with Crippen molar-refractivity contribution in [3.8, 4) is 5.75 Å². The number of fused-ring (bicyclic) bond motifs is 1. The Balaban J connectivity index is 2.63. The predicted molar refractivity (Wildman–Crippen MR) is 52.7 cm³/mol. The number of H-pyrrole nitrogens is 1.